The molecule has 0 aromatic heterocycles. The van der Waals surface area contributed by atoms with Crippen LogP contribution in [0.1, 0.15) is 11.6 Å². The molecule has 1 saturated heterocycles. The first-order chi connectivity index (χ1) is 13.9. The Kier molecular flexibility index (Phi) is 7.19. The van der Waals surface area contributed by atoms with Gasteiger partial charge in [0.25, 0.3) is 0 Å². The highest BCUT2D eigenvalue weighted by molar-refractivity contribution is 6.41. The molecule has 2 aromatic carbocycles. The van der Waals surface area contributed by atoms with E-state index in [4.69, 9.17) is 11.6 Å². The van der Waals surface area contributed by atoms with Crippen LogP contribution in [0.3, 0.4) is 0 Å². The maximum Gasteiger partial charge on any atom is 0.313 e. The van der Waals surface area contributed by atoms with Crippen molar-refractivity contribution in [3.63, 3.8) is 0 Å². The van der Waals surface area contributed by atoms with Crippen LogP contribution in [-0.4, -0.2) is 61.4 Å². The number of carbonyl (C=O) groups excluding carboxylic acids is 2. The average molecular weight is 419 g/mol. The number of benzene rings is 2. The summed E-state index contributed by atoms with van der Waals surface area (Å²) in [6, 6.07) is 12.8. The highest BCUT2D eigenvalue weighted by atomic mass is 35.5. The minimum absolute atomic E-state index is 0.152. The Morgan fingerprint density at radius 3 is 2.34 bits per heavy atom. The minimum atomic E-state index is -0.783. The van der Waals surface area contributed by atoms with Gasteiger partial charge in [0.2, 0.25) is 0 Å². The fourth-order valence-corrected chi connectivity index (χ4v) is 3.47. The predicted molar refractivity (Wildman–Crippen MR) is 111 cm³/mol. The lowest BCUT2D eigenvalue weighted by molar-refractivity contribution is -0.136. The number of halogens is 2. The van der Waals surface area contributed by atoms with E-state index in [1.54, 1.807) is 36.4 Å². The lowest BCUT2D eigenvalue weighted by Crippen LogP contribution is -2.49. The van der Waals surface area contributed by atoms with E-state index in [2.05, 4.69) is 27.5 Å². The number of nitrogens with one attached hydrogen (secondary N) is 2. The molecule has 1 aliphatic rings. The van der Waals surface area contributed by atoms with Crippen LogP contribution in [-0.2, 0) is 9.59 Å². The van der Waals surface area contributed by atoms with Crippen LogP contribution in [0.4, 0.5) is 10.1 Å². The molecule has 0 spiro atoms. The molecule has 0 radical (unpaired) electrons. The Hall–Kier alpha value is -2.48. The monoisotopic (exact) mass is 418 g/mol. The molecule has 1 atom stereocenters. The highest BCUT2D eigenvalue weighted by Gasteiger charge is 2.25. The van der Waals surface area contributed by atoms with Gasteiger partial charge in [0.05, 0.1) is 16.8 Å². The molecule has 8 heteroatoms. The number of amides is 2. The van der Waals surface area contributed by atoms with E-state index in [0.717, 1.165) is 31.7 Å². The lowest BCUT2D eigenvalue weighted by Gasteiger charge is -2.38. The van der Waals surface area contributed by atoms with Gasteiger partial charge >= 0.3 is 11.8 Å². The summed E-state index contributed by atoms with van der Waals surface area (Å²) >= 11 is 6.02. The first-order valence-electron chi connectivity index (χ1n) is 9.46. The van der Waals surface area contributed by atoms with E-state index in [0.29, 0.717) is 10.7 Å². The second-order valence-electron chi connectivity index (χ2n) is 7.05. The zero-order valence-corrected chi connectivity index (χ0v) is 17.0. The third kappa shape index (κ3) is 5.76. The van der Waals surface area contributed by atoms with Crippen molar-refractivity contribution in [2.75, 3.05) is 45.1 Å². The minimum Gasteiger partial charge on any atom is -0.346 e. The molecule has 0 saturated carbocycles. The first kappa shape index (κ1) is 21.2. The number of carbonyl (C=O) groups is 2. The van der Waals surface area contributed by atoms with Crippen molar-refractivity contribution in [2.45, 2.75) is 6.04 Å². The maximum atomic E-state index is 13.3. The topological polar surface area (TPSA) is 64.7 Å². The van der Waals surface area contributed by atoms with E-state index in [1.165, 1.54) is 12.1 Å². The summed E-state index contributed by atoms with van der Waals surface area (Å²) in [6.45, 7) is 3.68. The third-order valence-electron chi connectivity index (χ3n) is 5.02. The number of anilines is 1. The molecule has 0 aliphatic carbocycles. The van der Waals surface area contributed by atoms with Gasteiger partial charge in [-0.1, -0.05) is 35.9 Å². The second kappa shape index (κ2) is 9.82. The SMILES string of the molecule is CN1CCN([C@H](CNC(=O)C(=O)Nc2ccccc2Cl)c2ccc(F)cc2)CC1. The molecule has 1 aliphatic heterocycles. The Balaban J connectivity index is 1.65. The van der Waals surface area contributed by atoms with Crippen molar-refractivity contribution < 1.29 is 14.0 Å². The Labute approximate surface area is 174 Å². The summed E-state index contributed by atoms with van der Waals surface area (Å²) in [6.07, 6.45) is 0. The number of rotatable bonds is 5. The van der Waals surface area contributed by atoms with E-state index < -0.39 is 11.8 Å². The van der Waals surface area contributed by atoms with Crippen LogP contribution in [0.2, 0.25) is 5.02 Å². The summed E-state index contributed by atoms with van der Waals surface area (Å²) < 4.78 is 13.3. The standard InChI is InChI=1S/C21H24ClFN4O2/c1-26-10-12-27(13-11-26)19(15-6-8-16(23)9-7-15)14-24-20(28)21(29)25-18-5-3-2-4-17(18)22/h2-9,19H,10-14H2,1H3,(H,24,28)(H,25,29)/t19-/m1/s1. The summed E-state index contributed by atoms with van der Waals surface area (Å²) in [7, 11) is 2.06. The Morgan fingerprint density at radius 2 is 1.69 bits per heavy atom. The number of hydrogen-bond donors (Lipinski definition) is 2. The molecule has 0 unspecified atom stereocenters. The molecule has 6 nitrogen and oxygen atoms in total. The molecular formula is C21H24ClFN4O2. The van der Waals surface area contributed by atoms with Crippen molar-refractivity contribution in [2.24, 2.45) is 0 Å². The van der Waals surface area contributed by atoms with Crippen LogP contribution in [0, 0.1) is 5.82 Å². The molecular weight excluding hydrogens is 395 g/mol. The zero-order chi connectivity index (χ0) is 20.8. The third-order valence-corrected chi connectivity index (χ3v) is 5.35. The van der Waals surface area contributed by atoms with Gasteiger partial charge in [0, 0.05) is 32.7 Å². The normalized spacial score (nSPS) is 16.2. The van der Waals surface area contributed by atoms with Crippen molar-refractivity contribution in [3.8, 4) is 0 Å². The average Bonchev–Trinajstić information content (AvgIpc) is 2.72. The quantitative estimate of drug-likeness (QED) is 0.732. The number of likely N-dealkylation sites (N-methyl/N-ethyl adjacent to an activating group) is 1. The van der Waals surface area contributed by atoms with Gasteiger partial charge in [-0.2, -0.15) is 0 Å². The summed E-state index contributed by atoms with van der Waals surface area (Å²) in [5.74, 6) is -1.84. The second-order valence-corrected chi connectivity index (χ2v) is 7.46. The summed E-state index contributed by atoms with van der Waals surface area (Å²) in [4.78, 5) is 29.0. The van der Waals surface area contributed by atoms with Gasteiger partial charge in [-0.3, -0.25) is 14.5 Å². The van der Waals surface area contributed by atoms with E-state index in [1.807, 2.05) is 0 Å². The fraction of sp³-hybridized carbons (Fsp3) is 0.333. The molecule has 29 heavy (non-hydrogen) atoms. The number of para-hydroxylation sites is 1. The molecule has 2 N–H and O–H groups in total. The maximum absolute atomic E-state index is 13.3. The van der Waals surface area contributed by atoms with Gasteiger partial charge in [-0.15, -0.1) is 0 Å². The number of nitrogens with zero attached hydrogens (tertiary/aromatic N) is 2. The van der Waals surface area contributed by atoms with Gasteiger partial charge in [-0.05, 0) is 36.9 Å². The van der Waals surface area contributed by atoms with Crippen molar-refractivity contribution >= 4 is 29.1 Å². The first-order valence-corrected chi connectivity index (χ1v) is 9.83. The van der Waals surface area contributed by atoms with Crippen LogP contribution in [0.25, 0.3) is 0 Å². The van der Waals surface area contributed by atoms with Gasteiger partial charge < -0.3 is 15.5 Å². The van der Waals surface area contributed by atoms with Crippen LogP contribution < -0.4 is 10.6 Å². The van der Waals surface area contributed by atoms with Gasteiger partial charge in [-0.25, -0.2) is 4.39 Å². The van der Waals surface area contributed by atoms with Gasteiger partial charge in [0.15, 0.2) is 0 Å². The zero-order valence-electron chi connectivity index (χ0n) is 16.2. The largest absolute Gasteiger partial charge is 0.346 e. The Morgan fingerprint density at radius 1 is 1.03 bits per heavy atom. The molecule has 2 aromatic rings. The lowest BCUT2D eigenvalue weighted by atomic mass is 10.0. The van der Waals surface area contributed by atoms with E-state index in [9.17, 15) is 14.0 Å². The predicted octanol–water partition coefficient (Wildman–Crippen LogP) is 2.52. The molecule has 2 amide bonds. The number of hydrogen-bond acceptors (Lipinski definition) is 4. The molecule has 1 heterocycles. The highest BCUT2D eigenvalue weighted by Crippen LogP contribution is 2.22. The molecule has 154 valence electrons. The van der Waals surface area contributed by atoms with E-state index in [-0.39, 0.29) is 18.4 Å². The molecule has 3 rings (SSSR count). The molecule has 0 bridgehead atoms. The van der Waals surface area contributed by atoms with Gasteiger partial charge in [0.1, 0.15) is 5.82 Å². The van der Waals surface area contributed by atoms with Crippen LogP contribution in [0.5, 0.6) is 0 Å². The van der Waals surface area contributed by atoms with E-state index >= 15 is 0 Å². The van der Waals surface area contributed by atoms with Crippen LogP contribution >= 0.6 is 11.6 Å². The number of piperazine rings is 1. The van der Waals surface area contributed by atoms with Crippen molar-refractivity contribution in [1.29, 1.82) is 0 Å². The summed E-state index contributed by atoms with van der Waals surface area (Å²) in [5.41, 5.74) is 1.27. The smallest absolute Gasteiger partial charge is 0.313 e. The Bertz CT molecular complexity index is 854. The van der Waals surface area contributed by atoms with Crippen LogP contribution in [0.15, 0.2) is 48.5 Å². The fourth-order valence-electron chi connectivity index (χ4n) is 3.29. The summed E-state index contributed by atoms with van der Waals surface area (Å²) in [5, 5.41) is 5.57. The molecule has 1 fully saturated rings. The van der Waals surface area contributed by atoms with Crippen molar-refractivity contribution in [1.82, 2.24) is 15.1 Å². The van der Waals surface area contributed by atoms with Crippen molar-refractivity contribution in [3.05, 3.63) is 64.9 Å².